The highest BCUT2D eigenvalue weighted by Crippen LogP contribution is 2.23. The Hall–Kier alpha value is -0.440. The quantitative estimate of drug-likeness (QED) is 0.220. The van der Waals surface area contributed by atoms with Gasteiger partial charge in [0.2, 0.25) is 0 Å². The fraction of sp³-hybridized carbons (Fsp3) is 1.00. The molecule has 0 unspecified atom stereocenters. The van der Waals surface area contributed by atoms with Crippen molar-refractivity contribution in [3.63, 3.8) is 0 Å². The van der Waals surface area contributed by atoms with E-state index in [-0.39, 0.29) is 0 Å². The summed E-state index contributed by atoms with van der Waals surface area (Å²) in [5, 5.41) is 79.5. The molecule has 0 radical (unpaired) electrons. The van der Waals surface area contributed by atoms with E-state index >= 15 is 0 Å². The molecule has 0 spiro atoms. The van der Waals surface area contributed by atoms with Crippen LogP contribution in [0.2, 0.25) is 0 Å². The molecular weight excluding hydrogens is 330 g/mol. The Morgan fingerprint density at radius 3 is 2.08 bits per heavy atom. The Balaban J connectivity index is 1.90. The van der Waals surface area contributed by atoms with Gasteiger partial charge < -0.3 is 55.6 Å². The first kappa shape index (κ1) is 19.9. The summed E-state index contributed by atoms with van der Waals surface area (Å²) in [5.41, 5.74) is 0. The molecule has 2 rings (SSSR count). The van der Waals surface area contributed by atoms with Crippen LogP contribution in [0, 0.1) is 0 Å². The van der Waals surface area contributed by atoms with Gasteiger partial charge in [-0.1, -0.05) is 0 Å². The standard InChI is InChI=1S/C13H25NO10/c15-1-4-8(18)10(20)7(14-4)5(17)3-23-13-12(22)11(21)9(19)6(2-16)24-13/h4-22H,1-3H2/t4-,5-,6-,7+,8+,9-,10+,11+,12-,13-/m1/s1. The molecule has 2 fully saturated rings. The smallest absolute Gasteiger partial charge is 0.186 e. The third-order valence-electron chi connectivity index (χ3n) is 4.43. The van der Waals surface area contributed by atoms with Crippen molar-refractivity contribution < 1.29 is 50.3 Å². The van der Waals surface area contributed by atoms with E-state index in [9.17, 15) is 30.6 Å². The monoisotopic (exact) mass is 355 g/mol. The first-order valence-corrected chi connectivity index (χ1v) is 7.65. The van der Waals surface area contributed by atoms with Gasteiger partial charge in [0.05, 0.1) is 50.2 Å². The topological polar surface area (TPSA) is 192 Å². The minimum atomic E-state index is -1.60. The Morgan fingerprint density at radius 2 is 1.54 bits per heavy atom. The summed E-state index contributed by atoms with van der Waals surface area (Å²) in [6, 6.07) is -1.78. The molecule has 2 saturated heterocycles. The summed E-state index contributed by atoms with van der Waals surface area (Å²) in [6.07, 6.45) is -11.2. The second-order valence-electron chi connectivity index (χ2n) is 6.06. The van der Waals surface area contributed by atoms with Crippen LogP contribution in [0.3, 0.4) is 0 Å². The molecule has 0 aromatic rings. The largest absolute Gasteiger partial charge is 0.395 e. The minimum absolute atomic E-state index is 0.436. The zero-order valence-corrected chi connectivity index (χ0v) is 12.8. The molecule has 2 aliphatic heterocycles. The van der Waals surface area contributed by atoms with Gasteiger partial charge in [0.15, 0.2) is 6.29 Å². The van der Waals surface area contributed by atoms with Crippen LogP contribution in [0.5, 0.6) is 0 Å². The van der Waals surface area contributed by atoms with E-state index in [4.69, 9.17) is 19.7 Å². The molecule has 2 heterocycles. The normalized spacial score (nSPS) is 47.8. The molecule has 2 aliphatic rings. The number of nitrogens with one attached hydrogen (secondary N) is 1. The average molecular weight is 355 g/mol. The number of hydrogen-bond donors (Lipinski definition) is 9. The maximum Gasteiger partial charge on any atom is 0.186 e. The van der Waals surface area contributed by atoms with Gasteiger partial charge in [-0.05, 0) is 0 Å². The number of hydrogen-bond acceptors (Lipinski definition) is 11. The van der Waals surface area contributed by atoms with Crippen LogP contribution < -0.4 is 5.32 Å². The molecule has 0 saturated carbocycles. The van der Waals surface area contributed by atoms with Crippen LogP contribution in [-0.2, 0) is 9.47 Å². The van der Waals surface area contributed by atoms with E-state index in [1.54, 1.807) is 0 Å². The molecule has 0 amide bonds. The third kappa shape index (κ3) is 3.86. The summed E-state index contributed by atoms with van der Waals surface area (Å²) >= 11 is 0. The molecule has 11 nitrogen and oxygen atoms in total. The van der Waals surface area contributed by atoms with Crippen molar-refractivity contribution in [1.82, 2.24) is 5.32 Å². The molecule has 24 heavy (non-hydrogen) atoms. The van der Waals surface area contributed by atoms with Gasteiger partial charge in [-0.25, -0.2) is 0 Å². The van der Waals surface area contributed by atoms with E-state index < -0.39 is 80.9 Å². The van der Waals surface area contributed by atoms with Gasteiger partial charge >= 0.3 is 0 Å². The second-order valence-corrected chi connectivity index (χ2v) is 6.06. The van der Waals surface area contributed by atoms with Gasteiger partial charge in [0.1, 0.15) is 24.4 Å². The van der Waals surface area contributed by atoms with E-state index in [2.05, 4.69) is 5.32 Å². The minimum Gasteiger partial charge on any atom is -0.395 e. The first-order valence-electron chi connectivity index (χ1n) is 7.65. The van der Waals surface area contributed by atoms with Crippen LogP contribution in [-0.4, -0.2) is 122 Å². The van der Waals surface area contributed by atoms with Gasteiger partial charge in [0.25, 0.3) is 0 Å². The fourth-order valence-corrected chi connectivity index (χ4v) is 2.90. The zero-order valence-electron chi connectivity index (χ0n) is 12.8. The van der Waals surface area contributed by atoms with Crippen molar-refractivity contribution in [2.24, 2.45) is 0 Å². The summed E-state index contributed by atoms with van der Waals surface area (Å²) in [4.78, 5) is 0. The lowest BCUT2D eigenvalue weighted by Crippen LogP contribution is -2.59. The Kier molecular flexibility index (Phi) is 6.87. The summed E-state index contributed by atoms with van der Waals surface area (Å²) in [6.45, 7) is -1.49. The lowest BCUT2D eigenvalue weighted by atomic mass is 9.99. The average Bonchev–Trinajstić information content (AvgIpc) is 2.87. The van der Waals surface area contributed by atoms with Gasteiger partial charge in [-0.3, -0.25) is 0 Å². The van der Waals surface area contributed by atoms with Crippen LogP contribution in [0.4, 0.5) is 0 Å². The van der Waals surface area contributed by atoms with Crippen molar-refractivity contribution in [2.75, 3.05) is 19.8 Å². The van der Waals surface area contributed by atoms with E-state index in [0.29, 0.717) is 0 Å². The number of rotatable bonds is 6. The molecule has 0 aliphatic carbocycles. The Morgan fingerprint density at radius 1 is 0.875 bits per heavy atom. The molecule has 0 aromatic carbocycles. The highest BCUT2D eigenvalue weighted by atomic mass is 16.7. The number of aliphatic hydroxyl groups excluding tert-OH is 8. The number of ether oxygens (including phenoxy) is 2. The van der Waals surface area contributed by atoms with Crippen molar-refractivity contribution in [3.05, 3.63) is 0 Å². The molecule has 142 valence electrons. The molecule has 9 N–H and O–H groups in total. The Bertz CT molecular complexity index is 399. The predicted octanol–water partition coefficient (Wildman–Crippen LogP) is -5.78. The van der Waals surface area contributed by atoms with Crippen LogP contribution in [0.25, 0.3) is 0 Å². The molecule has 0 aromatic heterocycles. The van der Waals surface area contributed by atoms with Gasteiger partial charge in [-0.15, -0.1) is 0 Å². The van der Waals surface area contributed by atoms with Crippen LogP contribution >= 0.6 is 0 Å². The zero-order chi connectivity index (χ0) is 18.0. The maximum atomic E-state index is 10.1. The summed E-state index contributed by atoms with van der Waals surface area (Å²) in [7, 11) is 0. The molecular formula is C13H25NO10. The Labute approximate surface area is 137 Å². The third-order valence-corrected chi connectivity index (χ3v) is 4.43. The highest BCUT2D eigenvalue weighted by Gasteiger charge is 2.46. The second kappa shape index (κ2) is 8.29. The maximum absolute atomic E-state index is 10.1. The summed E-state index contributed by atoms with van der Waals surface area (Å²) < 4.78 is 10.3. The predicted molar refractivity (Wildman–Crippen MR) is 75.5 cm³/mol. The fourth-order valence-electron chi connectivity index (χ4n) is 2.90. The molecule has 11 heteroatoms. The van der Waals surface area contributed by atoms with Crippen molar-refractivity contribution >= 4 is 0 Å². The van der Waals surface area contributed by atoms with Crippen LogP contribution in [0.15, 0.2) is 0 Å². The van der Waals surface area contributed by atoms with Crippen LogP contribution in [0.1, 0.15) is 0 Å². The first-order chi connectivity index (χ1) is 11.3. The lowest BCUT2D eigenvalue weighted by Gasteiger charge is -2.40. The molecule has 10 atom stereocenters. The van der Waals surface area contributed by atoms with E-state index in [1.165, 1.54) is 0 Å². The van der Waals surface area contributed by atoms with E-state index in [1.807, 2.05) is 0 Å². The van der Waals surface area contributed by atoms with Gasteiger partial charge in [0, 0.05) is 0 Å². The SMILES string of the molecule is OC[C@H]1N[C@@H]([C@H](O)CO[C@@H]2O[C@H](CO)[C@@H](O)[C@H](O)[C@H]2O)[C@H](O)[C@H]1O. The van der Waals surface area contributed by atoms with E-state index in [0.717, 1.165) is 0 Å². The van der Waals surface area contributed by atoms with Crippen molar-refractivity contribution in [2.45, 2.75) is 61.1 Å². The van der Waals surface area contributed by atoms with Crippen molar-refractivity contribution in [3.8, 4) is 0 Å². The summed E-state index contributed by atoms with van der Waals surface area (Å²) in [5.74, 6) is 0. The number of aliphatic hydroxyl groups is 8. The highest BCUT2D eigenvalue weighted by molar-refractivity contribution is 5.01. The van der Waals surface area contributed by atoms with Crippen molar-refractivity contribution in [1.29, 1.82) is 0 Å². The van der Waals surface area contributed by atoms with Gasteiger partial charge in [-0.2, -0.15) is 0 Å². The lowest BCUT2D eigenvalue weighted by molar-refractivity contribution is -0.305. The molecule has 0 bridgehead atoms.